The van der Waals surface area contributed by atoms with Crippen LogP contribution >= 0.6 is 11.3 Å². The number of anilines is 1. The molecular weight excluding hydrogens is 354 g/mol. The Morgan fingerprint density at radius 1 is 0.963 bits per heavy atom. The summed E-state index contributed by atoms with van der Waals surface area (Å²) in [5.41, 5.74) is 4.40. The number of hydrogen-bond acceptors (Lipinski definition) is 3. The predicted molar refractivity (Wildman–Crippen MR) is 115 cm³/mol. The van der Waals surface area contributed by atoms with Crippen LogP contribution in [0.2, 0.25) is 0 Å². The average molecular weight is 380 g/mol. The van der Waals surface area contributed by atoms with Gasteiger partial charge >= 0.3 is 6.03 Å². The molecule has 0 atom stereocenters. The van der Waals surface area contributed by atoms with Gasteiger partial charge in [0.1, 0.15) is 0 Å². The van der Waals surface area contributed by atoms with E-state index in [1.165, 1.54) is 16.0 Å². The normalized spacial score (nSPS) is 10.8. The summed E-state index contributed by atoms with van der Waals surface area (Å²) in [5, 5.41) is 7.94. The lowest BCUT2D eigenvalue weighted by Crippen LogP contribution is -2.31. The van der Waals surface area contributed by atoms with Crippen LogP contribution in [0.5, 0.6) is 0 Å². The van der Waals surface area contributed by atoms with Gasteiger partial charge in [0.25, 0.3) is 0 Å². The van der Waals surface area contributed by atoms with Gasteiger partial charge in [-0.15, -0.1) is 11.3 Å². The van der Waals surface area contributed by atoms with Crippen LogP contribution in [0, 0.1) is 0 Å². The number of benzene rings is 2. The standard InChI is InChI=1S/C22H25N3OS/c1-25(2)14-6-13-23-22(26)24-20-11-9-18(10-12-20)21-15-19(16-27-21)17-7-4-3-5-8-17/h3-5,7-12,15-16H,6,13-14H2,1-2H3,(H2,23,24,26). The molecule has 1 aromatic heterocycles. The molecule has 0 unspecified atom stereocenters. The minimum atomic E-state index is -0.163. The molecule has 2 aromatic carbocycles. The second-order valence-electron chi connectivity index (χ2n) is 6.68. The van der Waals surface area contributed by atoms with Gasteiger partial charge in [-0.3, -0.25) is 0 Å². The zero-order valence-corrected chi connectivity index (χ0v) is 16.6. The van der Waals surface area contributed by atoms with Crippen molar-refractivity contribution in [3.05, 3.63) is 66.0 Å². The Labute approximate surface area is 164 Å². The zero-order chi connectivity index (χ0) is 19.1. The SMILES string of the molecule is CN(C)CCCNC(=O)Nc1ccc(-c2cc(-c3ccccc3)cs2)cc1. The Bertz CT molecular complexity index is 857. The summed E-state index contributed by atoms with van der Waals surface area (Å²) in [4.78, 5) is 15.3. The summed E-state index contributed by atoms with van der Waals surface area (Å²) < 4.78 is 0. The van der Waals surface area contributed by atoms with E-state index in [0.29, 0.717) is 6.54 Å². The lowest BCUT2D eigenvalue weighted by atomic mass is 10.1. The molecule has 0 saturated heterocycles. The number of nitrogens with zero attached hydrogens (tertiary/aromatic N) is 1. The highest BCUT2D eigenvalue weighted by Gasteiger charge is 2.06. The van der Waals surface area contributed by atoms with Crippen molar-refractivity contribution in [1.29, 1.82) is 0 Å². The maximum atomic E-state index is 11.9. The Morgan fingerprint density at radius 3 is 2.41 bits per heavy atom. The van der Waals surface area contributed by atoms with Crippen molar-refractivity contribution in [3.63, 3.8) is 0 Å². The Balaban J connectivity index is 1.56. The quantitative estimate of drug-likeness (QED) is 0.557. The molecule has 0 radical (unpaired) electrons. The van der Waals surface area contributed by atoms with Crippen LogP contribution < -0.4 is 10.6 Å². The van der Waals surface area contributed by atoms with Gasteiger partial charge in [-0.05, 0) is 67.3 Å². The molecule has 27 heavy (non-hydrogen) atoms. The number of nitrogens with one attached hydrogen (secondary N) is 2. The minimum Gasteiger partial charge on any atom is -0.338 e. The fourth-order valence-corrected chi connectivity index (χ4v) is 3.69. The molecule has 2 amide bonds. The van der Waals surface area contributed by atoms with Crippen LogP contribution in [-0.2, 0) is 0 Å². The van der Waals surface area contributed by atoms with E-state index in [4.69, 9.17) is 0 Å². The van der Waals surface area contributed by atoms with Gasteiger partial charge in [-0.1, -0.05) is 42.5 Å². The number of carbonyl (C=O) groups excluding carboxylic acids is 1. The van der Waals surface area contributed by atoms with Crippen LogP contribution in [0.25, 0.3) is 21.6 Å². The van der Waals surface area contributed by atoms with Gasteiger partial charge in [-0.2, -0.15) is 0 Å². The Hall–Kier alpha value is -2.63. The monoisotopic (exact) mass is 379 g/mol. The van der Waals surface area contributed by atoms with Crippen molar-refractivity contribution in [1.82, 2.24) is 10.2 Å². The largest absolute Gasteiger partial charge is 0.338 e. The van der Waals surface area contributed by atoms with E-state index in [1.807, 2.05) is 44.4 Å². The molecule has 2 N–H and O–H groups in total. The van der Waals surface area contributed by atoms with Crippen LogP contribution in [-0.4, -0.2) is 38.1 Å². The molecule has 0 aliphatic heterocycles. The molecule has 0 saturated carbocycles. The maximum absolute atomic E-state index is 11.9. The molecule has 1 heterocycles. The molecule has 4 nitrogen and oxygen atoms in total. The van der Waals surface area contributed by atoms with E-state index >= 15 is 0 Å². The summed E-state index contributed by atoms with van der Waals surface area (Å²) in [7, 11) is 4.05. The summed E-state index contributed by atoms with van der Waals surface area (Å²) in [6.07, 6.45) is 0.932. The van der Waals surface area contributed by atoms with E-state index in [0.717, 1.165) is 24.2 Å². The molecular formula is C22H25N3OS. The number of urea groups is 1. The van der Waals surface area contributed by atoms with E-state index in [1.54, 1.807) is 11.3 Å². The van der Waals surface area contributed by atoms with E-state index in [-0.39, 0.29) is 6.03 Å². The zero-order valence-electron chi connectivity index (χ0n) is 15.7. The van der Waals surface area contributed by atoms with Crippen LogP contribution in [0.15, 0.2) is 66.0 Å². The highest BCUT2D eigenvalue weighted by atomic mass is 32.1. The first-order valence-electron chi connectivity index (χ1n) is 9.06. The topological polar surface area (TPSA) is 44.4 Å². The number of hydrogen-bond donors (Lipinski definition) is 2. The van der Waals surface area contributed by atoms with Gasteiger partial charge in [0.05, 0.1) is 0 Å². The third-order valence-electron chi connectivity index (χ3n) is 4.20. The average Bonchev–Trinajstić information content (AvgIpc) is 3.17. The Morgan fingerprint density at radius 2 is 1.70 bits per heavy atom. The fraction of sp³-hybridized carbons (Fsp3) is 0.227. The van der Waals surface area contributed by atoms with Gasteiger partial charge < -0.3 is 15.5 Å². The first-order chi connectivity index (χ1) is 13.1. The van der Waals surface area contributed by atoms with Gasteiger partial charge in [0.15, 0.2) is 0 Å². The summed E-state index contributed by atoms with van der Waals surface area (Å²) >= 11 is 1.73. The van der Waals surface area contributed by atoms with Crippen LogP contribution in [0.1, 0.15) is 6.42 Å². The second-order valence-corrected chi connectivity index (χ2v) is 7.59. The van der Waals surface area contributed by atoms with E-state index < -0.39 is 0 Å². The molecule has 0 aliphatic carbocycles. The number of thiophene rings is 1. The third kappa shape index (κ3) is 5.67. The van der Waals surface area contributed by atoms with Crippen LogP contribution in [0.4, 0.5) is 10.5 Å². The molecule has 0 aliphatic rings. The summed E-state index contributed by atoms with van der Waals surface area (Å²) in [6, 6.07) is 20.4. The van der Waals surface area contributed by atoms with Gasteiger partial charge in [0.2, 0.25) is 0 Å². The fourth-order valence-electron chi connectivity index (χ4n) is 2.76. The van der Waals surface area contributed by atoms with Crippen molar-refractivity contribution in [2.24, 2.45) is 0 Å². The van der Waals surface area contributed by atoms with Crippen molar-refractivity contribution in [2.75, 3.05) is 32.5 Å². The van der Waals surface area contributed by atoms with Crippen molar-refractivity contribution in [3.8, 4) is 21.6 Å². The number of carbonyl (C=O) groups is 1. The number of amides is 2. The Kier molecular flexibility index (Phi) is 6.63. The predicted octanol–water partition coefficient (Wildman–Crippen LogP) is 5.16. The lowest BCUT2D eigenvalue weighted by molar-refractivity contribution is 0.251. The lowest BCUT2D eigenvalue weighted by Gasteiger charge is -2.11. The van der Waals surface area contributed by atoms with Crippen molar-refractivity contribution in [2.45, 2.75) is 6.42 Å². The third-order valence-corrected chi connectivity index (χ3v) is 5.18. The maximum Gasteiger partial charge on any atom is 0.319 e. The second kappa shape index (κ2) is 9.35. The highest BCUT2D eigenvalue weighted by molar-refractivity contribution is 7.14. The van der Waals surface area contributed by atoms with Crippen molar-refractivity contribution >= 4 is 23.1 Å². The van der Waals surface area contributed by atoms with E-state index in [9.17, 15) is 4.79 Å². The van der Waals surface area contributed by atoms with Gasteiger partial charge in [0, 0.05) is 17.1 Å². The molecule has 0 spiro atoms. The molecule has 3 rings (SSSR count). The molecule has 3 aromatic rings. The van der Waals surface area contributed by atoms with Gasteiger partial charge in [-0.25, -0.2) is 4.79 Å². The molecule has 140 valence electrons. The van der Waals surface area contributed by atoms with Crippen LogP contribution in [0.3, 0.4) is 0 Å². The summed E-state index contributed by atoms with van der Waals surface area (Å²) in [6.45, 7) is 1.63. The van der Waals surface area contributed by atoms with E-state index in [2.05, 4.69) is 51.2 Å². The summed E-state index contributed by atoms with van der Waals surface area (Å²) in [5.74, 6) is 0. The molecule has 5 heteroatoms. The molecule has 0 bridgehead atoms. The molecule has 0 fully saturated rings. The smallest absolute Gasteiger partial charge is 0.319 e. The first kappa shape index (κ1) is 19.1. The first-order valence-corrected chi connectivity index (χ1v) is 9.94. The minimum absolute atomic E-state index is 0.163. The highest BCUT2D eigenvalue weighted by Crippen LogP contribution is 2.33. The van der Waals surface area contributed by atoms with Crippen molar-refractivity contribution < 1.29 is 4.79 Å². The number of rotatable bonds is 7.